The number of primary amides is 1. The molecule has 0 unspecified atom stereocenters. The van der Waals surface area contributed by atoms with E-state index in [2.05, 4.69) is 0 Å². The average molecular weight is 605 g/mol. The monoisotopic (exact) mass is 603 g/mol. The highest BCUT2D eigenvalue weighted by Crippen LogP contribution is 2.53. The average Bonchev–Trinajstić information content (AvgIpc) is 2.83. The van der Waals surface area contributed by atoms with Gasteiger partial charge in [-0.2, -0.15) is 0 Å². The number of fused-ring (bicyclic) bond motifs is 3. The first-order chi connectivity index (χ1) is 17.8. The molecule has 0 aromatic heterocycles. The van der Waals surface area contributed by atoms with E-state index in [9.17, 15) is 34.8 Å². The maximum Gasteiger partial charge on any atom is 0.255 e. The topological polar surface area (TPSA) is 165 Å². The second-order valence-corrected chi connectivity index (χ2v) is 10.6. The second-order valence-electron chi connectivity index (χ2n) is 10.6. The first-order valence-electron chi connectivity index (χ1n) is 12.7. The third kappa shape index (κ3) is 4.87. The van der Waals surface area contributed by atoms with E-state index in [0.29, 0.717) is 6.54 Å². The van der Waals surface area contributed by atoms with Gasteiger partial charge in [0.15, 0.2) is 11.4 Å². The van der Waals surface area contributed by atoms with Crippen LogP contribution in [0.15, 0.2) is 23.0 Å². The predicted octanol–water partition coefficient (Wildman–Crippen LogP) is 2.18. The van der Waals surface area contributed by atoms with Crippen molar-refractivity contribution in [3.63, 3.8) is 0 Å². The van der Waals surface area contributed by atoms with E-state index in [-0.39, 0.29) is 66.5 Å². The fraction of sp³-hybridized carbons (Fsp3) is 0.519. The number of hydrogen-bond acceptors (Lipinski definition) is 9. The number of amides is 1. The number of ketones is 2. The third-order valence-electron chi connectivity index (χ3n) is 8.11. The molecule has 3 aliphatic rings. The number of hydrogen-bond donors (Lipinski definition) is 5. The number of carbonyl (C=O) groups is 3. The van der Waals surface area contributed by atoms with Crippen molar-refractivity contribution in [1.29, 1.82) is 0 Å². The van der Waals surface area contributed by atoms with Gasteiger partial charge < -0.3 is 26.2 Å². The van der Waals surface area contributed by atoms with Crippen LogP contribution in [-0.2, 0) is 27.3 Å². The Balaban J connectivity index is 0.00000280. The number of Topliss-reactive ketones (excluding diaryl/α,β-unsaturated/α-hetero) is 2. The maximum atomic E-state index is 15.8. The molecule has 1 fully saturated rings. The zero-order chi connectivity index (χ0) is 28.3. The van der Waals surface area contributed by atoms with Gasteiger partial charge in [0, 0.05) is 29.2 Å². The molecule has 0 aliphatic heterocycles. The van der Waals surface area contributed by atoms with Gasteiger partial charge in [-0.3, -0.25) is 24.2 Å². The highest BCUT2D eigenvalue weighted by molar-refractivity contribution is 6.24. The number of benzene rings is 1. The van der Waals surface area contributed by atoms with E-state index in [1.165, 1.54) is 25.1 Å². The lowest BCUT2D eigenvalue weighted by Gasteiger charge is -2.50. The van der Waals surface area contributed by atoms with Crippen molar-refractivity contribution in [3.8, 4) is 5.75 Å². The summed E-state index contributed by atoms with van der Waals surface area (Å²) in [5.41, 5.74) is 1.45. The summed E-state index contributed by atoms with van der Waals surface area (Å²) >= 11 is 0. The Kier molecular flexibility index (Phi) is 10.1. The Morgan fingerprint density at radius 2 is 1.80 bits per heavy atom. The Hall–Kier alpha value is -2.70. The number of phenolic OH excluding ortho intramolecular Hbond substituents is 1. The van der Waals surface area contributed by atoms with Crippen molar-refractivity contribution in [2.75, 3.05) is 27.2 Å². The van der Waals surface area contributed by atoms with Gasteiger partial charge in [-0.1, -0.05) is 13.8 Å². The van der Waals surface area contributed by atoms with Crippen LogP contribution in [0, 0.1) is 17.7 Å². The molecule has 0 heterocycles. The van der Waals surface area contributed by atoms with Crippen LogP contribution in [-0.4, -0.2) is 86.5 Å². The summed E-state index contributed by atoms with van der Waals surface area (Å²) in [7, 11) is 3.04. The molecule has 10 nitrogen and oxygen atoms in total. The normalized spacial score (nSPS) is 25.8. The predicted molar refractivity (Wildman–Crippen MR) is 150 cm³/mol. The Morgan fingerprint density at radius 3 is 2.33 bits per heavy atom. The van der Waals surface area contributed by atoms with Gasteiger partial charge in [-0.05, 0) is 58.4 Å². The molecule has 6 N–H and O–H groups in total. The van der Waals surface area contributed by atoms with Crippen molar-refractivity contribution in [3.05, 3.63) is 45.5 Å². The quantitative estimate of drug-likeness (QED) is 0.294. The molecule has 0 spiro atoms. The number of phenols is 1. The molecular weight excluding hydrogens is 568 g/mol. The van der Waals surface area contributed by atoms with Crippen LogP contribution >= 0.6 is 24.8 Å². The number of nitrogens with two attached hydrogens (primary N) is 1. The minimum absolute atomic E-state index is 0. The molecular formula is C27H36Cl2FN3O7. The molecule has 0 radical (unpaired) electrons. The summed E-state index contributed by atoms with van der Waals surface area (Å²) in [6, 6.07) is 0.0300. The van der Waals surface area contributed by atoms with Gasteiger partial charge in [-0.25, -0.2) is 4.39 Å². The standard InChI is InChI=1S/C27H34FN3O7.2ClH/c1-5-7-31(6-2)11-13-10-16(32)18-14(20(13)28)8-12-9-15-21(30(3)4)23(34)19(26(29)37)25(36)27(15,38)24(35)17(12)22(18)33;;/h10,12,15,21,32-33,36,38H,5-9,11H2,1-4H3,(H2,29,37);2*1H/t12-,15-,21-,27-;;/m0../s1. The summed E-state index contributed by atoms with van der Waals surface area (Å²) in [6.45, 7) is 5.59. The SMILES string of the molecule is CCCN(CC)Cc1cc(O)c2c(c1F)C[C@H]1C[C@H]3[C@H](N(C)C)C(=O)C(C(N)=O)=C(O)[C@@]3(O)C(=O)C1=C2O.Cl.Cl. The van der Waals surface area contributed by atoms with E-state index in [0.717, 1.165) is 13.0 Å². The minimum Gasteiger partial charge on any atom is -0.508 e. The number of likely N-dealkylation sites (N-methyl/N-ethyl adjacent to an activating group) is 1. The molecule has 4 atom stereocenters. The van der Waals surface area contributed by atoms with Gasteiger partial charge >= 0.3 is 0 Å². The maximum absolute atomic E-state index is 15.8. The zero-order valence-corrected chi connectivity index (χ0v) is 24.4. The van der Waals surface area contributed by atoms with Gasteiger partial charge in [0.2, 0.25) is 5.78 Å². The van der Waals surface area contributed by atoms with Crippen molar-refractivity contribution in [1.82, 2.24) is 9.80 Å². The summed E-state index contributed by atoms with van der Waals surface area (Å²) < 4.78 is 15.8. The number of aliphatic hydroxyl groups is 3. The molecule has 1 saturated carbocycles. The summed E-state index contributed by atoms with van der Waals surface area (Å²) in [4.78, 5) is 42.4. The second kappa shape index (κ2) is 12.0. The molecule has 40 heavy (non-hydrogen) atoms. The zero-order valence-electron chi connectivity index (χ0n) is 22.7. The van der Waals surface area contributed by atoms with Crippen LogP contribution in [0.5, 0.6) is 5.75 Å². The Bertz CT molecular complexity index is 1300. The van der Waals surface area contributed by atoms with Crippen molar-refractivity contribution >= 4 is 48.0 Å². The van der Waals surface area contributed by atoms with Crippen molar-refractivity contribution in [2.45, 2.75) is 51.3 Å². The largest absolute Gasteiger partial charge is 0.508 e. The van der Waals surface area contributed by atoms with E-state index < -0.39 is 69.6 Å². The van der Waals surface area contributed by atoms with Crippen LogP contribution in [0.3, 0.4) is 0 Å². The fourth-order valence-electron chi connectivity index (χ4n) is 6.37. The summed E-state index contributed by atoms with van der Waals surface area (Å²) in [5, 5.41) is 44.4. The van der Waals surface area contributed by atoms with Crippen LogP contribution in [0.2, 0.25) is 0 Å². The molecule has 0 saturated heterocycles. The summed E-state index contributed by atoms with van der Waals surface area (Å²) in [6.07, 6.45) is 0.688. The fourth-order valence-corrected chi connectivity index (χ4v) is 6.37. The van der Waals surface area contributed by atoms with Crippen LogP contribution < -0.4 is 5.73 Å². The lowest BCUT2D eigenvalue weighted by Crippen LogP contribution is -2.65. The first-order valence-corrected chi connectivity index (χ1v) is 12.7. The van der Waals surface area contributed by atoms with E-state index >= 15 is 4.39 Å². The van der Waals surface area contributed by atoms with Crippen LogP contribution in [0.25, 0.3) is 5.76 Å². The molecule has 1 amide bonds. The molecule has 1 aromatic rings. The smallest absolute Gasteiger partial charge is 0.255 e. The van der Waals surface area contributed by atoms with Crippen LogP contribution in [0.4, 0.5) is 4.39 Å². The summed E-state index contributed by atoms with van der Waals surface area (Å²) in [5.74, 6) is -8.17. The molecule has 3 aliphatic carbocycles. The molecule has 4 rings (SSSR count). The van der Waals surface area contributed by atoms with E-state index in [4.69, 9.17) is 5.73 Å². The number of aromatic hydroxyl groups is 1. The highest BCUT2D eigenvalue weighted by atomic mass is 35.5. The lowest BCUT2D eigenvalue weighted by molar-refractivity contribution is -0.153. The number of carbonyl (C=O) groups excluding carboxylic acids is 3. The molecule has 13 heteroatoms. The molecule has 222 valence electrons. The first kappa shape index (κ1) is 33.5. The number of aliphatic hydroxyl groups excluding tert-OH is 2. The molecule has 0 bridgehead atoms. The lowest BCUT2D eigenvalue weighted by atomic mass is 9.57. The number of rotatable bonds is 7. The highest BCUT2D eigenvalue weighted by Gasteiger charge is 2.64. The van der Waals surface area contributed by atoms with Crippen LogP contribution in [0.1, 0.15) is 43.4 Å². The Morgan fingerprint density at radius 1 is 1.18 bits per heavy atom. The van der Waals surface area contributed by atoms with Crippen molar-refractivity contribution in [2.24, 2.45) is 17.6 Å². The van der Waals surface area contributed by atoms with Gasteiger partial charge in [-0.15, -0.1) is 24.8 Å². The van der Waals surface area contributed by atoms with Gasteiger partial charge in [0.05, 0.1) is 11.6 Å². The minimum atomic E-state index is -2.72. The van der Waals surface area contributed by atoms with E-state index in [1.54, 1.807) is 0 Å². The molecule has 1 aromatic carbocycles. The van der Waals surface area contributed by atoms with Gasteiger partial charge in [0.25, 0.3) is 5.91 Å². The third-order valence-corrected chi connectivity index (χ3v) is 8.11. The number of halogens is 3. The van der Waals surface area contributed by atoms with E-state index in [1.807, 2.05) is 18.7 Å². The van der Waals surface area contributed by atoms with Crippen molar-refractivity contribution < 1.29 is 39.2 Å². The Labute approximate surface area is 244 Å². The van der Waals surface area contributed by atoms with Gasteiger partial charge in [0.1, 0.15) is 28.7 Å². The number of nitrogens with zero attached hydrogens (tertiary/aromatic N) is 2.